The van der Waals surface area contributed by atoms with Gasteiger partial charge in [-0.25, -0.2) is 0 Å². The molecule has 1 aromatic heterocycles. The highest BCUT2D eigenvalue weighted by molar-refractivity contribution is 6.46. The molecule has 1 aliphatic rings. The Bertz CT molecular complexity index is 957. The fraction of sp³-hybridized carbons (Fsp3) is 0.381. The molecule has 0 bridgehead atoms. The van der Waals surface area contributed by atoms with E-state index in [0.29, 0.717) is 41.4 Å². The van der Waals surface area contributed by atoms with Gasteiger partial charge < -0.3 is 19.6 Å². The molecule has 8 heteroatoms. The number of aromatic nitrogens is 2. The number of aliphatic hydroxyl groups is 1. The van der Waals surface area contributed by atoms with Crippen molar-refractivity contribution in [1.82, 2.24) is 20.0 Å². The molecule has 29 heavy (non-hydrogen) atoms. The van der Waals surface area contributed by atoms with Gasteiger partial charge in [0.2, 0.25) is 0 Å². The lowest BCUT2D eigenvalue weighted by atomic mass is 9.94. The number of Topliss-reactive ketones (excluding diaryl/α,β-unsaturated/α-hetero) is 1. The Morgan fingerprint density at radius 3 is 2.62 bits per heavy atom. The van der Waals surface area contributed by atoms with E-state index in [1.807, 2.05) is 25.1 Å². The summed E-state index contributed by atoms with van der Waals surface area (Å²) in [7, 11) is 5.35. The number of nitrogens with one attached hydrogen (secondary N) is 1. The molecule has 1 aliphatic heterocycles. The lowest BCUT2D eigenvalue weighted by Gasteiger charge is -2.26. The first-order chi connectivity index (χ1) is 13.8. The van der Waals surface area contributed by atoms with E-state index in [2.05, 4.69) is 10.2 Å². The number of amides is 1. The summed E-state index contributed by atoms with van der Waals surface area (Å²) in [5, 5.41) is 18.0. The predicted octanol–water partition coefficient (Wildman–Crippen LogP) is 2.02. The van der Waals surface area contributed by atoms with Crippen LogP contribution in [0.3, 0.4) is 0 Å². The third-order valence-corrected chi connectivity index (χ3v) is 5.10. The molecule has 2 aromatic rings. The van der Waals surface area contributed by atoms with Gasteiger partial charge in [-0.1, -0.05) is 12.1 Å². The van der Waals surface area contributed by atoms with E-state index in [9.17, 15) is 14.7 Å². The van der Waals surface area contributed by atoms with Crippen molar-refractivity contribution >= 4 is 17.4 Å². The van der Waals surface area contributed by atoms with E-state index in [1.54, 1.807) is 39.2 Å². The zero-order valence-corrected chi connectivity index (χ0v) is 17.3. The molecule has 8 nitrogen and oxygen atoms in total. The van der Waals surface area contributed by atoms with Gasteiger partial charge in [-0.15, -0.1) is 0 Å². The number of likely N-dealkylation sites (N-methyl/N-ethyl adjacent to an activating group) is 1. The van der Waals surface area contributed by atoms with Crippen molar-refractivity contribution < 1.29 is 19.4 Å². The smallest absolute Gasteiger partial charge is 0.295 e. The van der Waals surface area contributed by atoms with Crippen LogP contribution >= 0.6 is 0 Å². The molecular formula is C21H26N4O4. The molecule has 0 unspecified atom stereocenters. The maximum absolute atomic E-state index is 13.0. The van der Waals surface area contributed by atoms with E-state index >= 15 is 0 Å². The molecule has 1 amide bonds. The second-order valence-electron chi connectivity index (χ2n) is 7.38. The molecule has 154 valence electrons. The first-order valence-corrected chi connectivity index (χ1v) is 9.35. The summed E-state index contributed by atoms with van der Waals surface area (Å²) in [6.07, 6.45) is 0. The number of aromatic amines is 1. The van der Waals surface area contributed by atoms with Crippen molar-refractivity contribution in [2.24, 2.45) is 0 Å². The summed E-state index contributed by atoms with van der Waals surface area (Å²) < 4.78 is 5.32. The van der Waals surface area contributed by atoms with Crippen molar-refractivity contribution in [3.05, 3.63) is 52.4 Å². The maximum Gasteiger partial charge on any atom is 0.295 e. The van der Waals surface area contributed by atoms with Gasteiger partial charge in [-0.05, 0) is 45.6 Å². The molecule has 0 spiro atoms. The standard InChI is InChI=1S/C21H26N4O4/c1-12-16(13(2)23-22-12)19(26)17-18(14-7-6-8-15(11-14)29-5)25(10-9-24(3)4)21(28)20(17)27/h6-8,11,18,26H,9-10H2,1-5H3,(H,22,23)/t18-/m1/s1. The Balaban J connectivity index is 2.20. The Labute approximate surface area is 169 Å². The van der Waals surface area contributed by atoms with Crippen LogP contribution < -0.4 is 4.74 Å². The van der Waals surface area contributed by atoms with Crippen molar-refractivity contribution in [2.75, 3.05) is 34.3 Å². The molecular weight excluding hydrogens is 372 g/mol. The number of ketones is 1. The molecule has 3 rings (SSSR count). The fourth-order valence-electron chi connectivity index (χ4n) is 3.61. The second-order valence-corrected chi connectivity index (χ2v) is 7.38. The Hall–Kier alpha value is -3.13. The number of carbonyl (C=O) groups excluding carboxylic acids is 2. The molecule has 0 aliphatic carbocycles. The van der Waals surface area contributed by atoms with Crippen molar-refractivity contribution in [2.45, 2.75) is 19.9 Å². The zero-order valence-electron chi connectivity index (χ0n) is 17.3. The molecule has 2 N–H and O–H groups in total. The number of H-pyrrole nitrogens is 1. The van der Waals surface area contributed by atoms with Gasteiger partial charge in [0.15, 0.2) is 0 Å². The van der Waals surface area contributed by atoms with E-state index < -0.39 is 17.7 Å². The highest BCUT2D eigenvalue weighted by Crippen LogP contribution is 2.40. The summed E-state index contributed by atoms with van der Waals surface area (Å²) in [6.45, 7) is 4.43. The number of methoxy groups -OCH3 is 1. The number of hydrogen-bond acceptors (Lipinski definition) is 6. The first-order valence-electron chi connectivity index (χ1n) is 9.35. The van der Waals surface area contributed by atoms with Crippen LogP contribution in [0.5, 0.6) is 5.75 Å². The normalized spacial score (nSPS) is 18.7. The van der Waals surface area contributed by atoms with Crippen LogP contribution in [0.15, 0.2) is 29.8 Å². The van der Waals surface area contributed by atoms with Crippen LogP contribution in [0, 0.1) is 13.8 Å². The van der Waals surface area contributed by atoms with E-state index in [4.69, 9.17) is 4.74 Å². The summed E-state index contributed by atoms with van der Waals surface area (Å²) in [4.78, 5) is 29.3. The van der Waals surface area contributed by atoms with Crippen molar-refractivity contribution in [1.29, 1.82) is 0 Å². The Morgan fingerprint density at radius 2 is 2.03 bits per heavy atom. The van der Waals surface area contributed by atoms with Gasteiger partial charge in [0.05, 0.1) is 30.0 Å². The lowest BCUT2D eigenvalue weighted by molar-refractivity contribution is -0.140. The predicted molar refractivity (Wildman–Crippen MR) is 109 cm³/mol. The topological polar surface area (TPSA) is 98.8 Å². The van der Waals surface area contributed by atoms with Gasteiger partial charge in [0.1, 0.15) is 11.5 Å². The Kier molecular flexibility index (Phi) is 5.74. The molecule has 1 aromatic carbocycles. The highest BCUT2D eigenvalue weighted by atomic mass is 16.5. The summed E-state index contributed by atoms with van der Waals surface area (Å²) >= 11 is 0. The van der Waals surface area contributed by atoms with Gasteiger partial charge in [-0.3, -0.25) is 14.7 Å². The molecule has 2 heterocycles. The molecule has 1 fully saturated rings. The highest BCUT2D eigenvalue weighted by Gasteiger charge is 2.46. The minimum atomic E-state index is -0.709. The average molecular weight is 398 g/mol. The van der Waals surface area contributed by atoms with Crippen LogP contribution in [0.25, 0.3) is 5.76 Å². The van der Waals surface area contributed by atoms with E-state index in [1.165, 1.54) is 4.90 Å². The van der Waals surface area contributed by atoms with Crippen LogP contribution in [-0.4, -0.2) is 71.1 Å². The van der Waals surface area contributed by atoms with Gasteiger partial charge in [-0.2, -0.15) is 5.10 Å². The van der Waals surface area contributed by atoms with Crippen LogP contribution in [0.2, 0.25) is 0 Å². The largest absolute Gasteiger partial charge is 0.507 e. The summed E-state index contributed by atoms with van der Waals surface area (Å²) in [6, 6.07) is 6.49. The molecule has 0 saturated carbocycles. The SMILES string of the molecule is COc1cccc([C@@H]2C(=C(O)c3c(C)n[nH]c3C)C(=O)C(=O)N2CCN(C)C)c1. The summed E-state index contributed by atoms with van der Waals surface area (Å²) in [5.41, 5.74) is 2.40. The van der Waals surface area contributed by atoms with Gasteiger partial charge >= 0.3 is 0 Å². The number of hydrogen-bond donors (Lipinski definition) is 2. The minimum absolute atomic E-state index is 0.0645. The number of carbonyl (C=O) groups is 2. The number of ether oxygens (including phenoxy) is 1. The van der Waals surface area contributed by atoms with Gasteiger partial charge in [0, 0.05) is 18.8 Å². The lowest BCUT2D eigenvalue weighted by Crippen LogP contribution is -2.35. The molecule has 1 saturated heterocycles. The van der Waals surface area contributed by atoms with E-state index in [0.717, 1.165) is 0 Å². The van der Waals surface area contributed by atoms with Crippen molar-refractivity contribution in [3.8, 4) is 5.75 Å². The minimum Gasteiger partial charge on any atom is -0.507 e. The maximum atomic E-state index is 13.0. The second kappa shape index (κ2) is 8.08. The van der Waals surface area contributed by atoms with Crippen LogP contribution in [-0.2, 0) is 9.59 Å². The van der Waals surface area contributed by atoms with Crippen molar-refractivity contribution in [3.63, 3.8) is 0 Å². The number of likely N-dealkylation sites (tertiary alicyclic amines) is 1. The van der Waals surface area contributed by atoms with Crippen LogP contribution in [0.4, 0.5) is 0 Å². The first kappa shape index (κ1) is 20.6. The number of aliphatic hydroxyl groups excluding tert-OH is 1. The third kappa shape index (κ3) is 3.75. The number of nitrogens with zero attached hydrogens (tertiary/aromatic N) is 3. The quantitative estimate of drug-likeness (QED) is 0.439. The summed E-state index contributed by atoms with van der Waals surface area (Å²) in [5.74, 6) is -0.933. The zero-order chi connectivity index (χ0) is 21.3. The molecule has 0 radical (unpaired) electrons. The molecule has 1 atom stereocenters. The number of aryl methyl sites for hydroxylation is 2. The van der Waals surface area contributed by atoms with Gasteiger partial charge in [0.25, 0.3) is 11.7 Å². The van der Waals surface area contributed by atoms with E-state index in [-0.39, 0.29) is 11.3 Å². The third-order valence-electron chi connectivity index (χ3n) is 5.10. The average Bonchev–Trinajstić information content (AvgIpc) is 3.16. The van der Waals surface area contributed by atoms with Crippen LogP contribution in [0.1, 0.15) is 28.6 Å². The number of benzene rings is 1. The fourth-order valence-corrected chi connectivity index (χ4v) is 3.61. The number of rotatable bonds is 6. The monoisotopic (exact) mass is 398 g/mol. The Morgan fingerprint density at radius 1 is 1.31 bits per heavy atom.